The fourth-order valence-corrected chi connectivity index (χ4v) is 2.82. The standard InChI is InChI=1S/C12H12BrN3O2/c13-7-1-2-9-8(5-7)12(18)16-4-3-14-6-10(16)11(17)15-9/h1-2,5,10,14H,3-4,6H2,(H,15,17)/p+1/t10-/m1/s1. The van der Waals surface area contributed by atoms with Gasteiger partial charge in [0.2, 0.25) is 0 Å². The number of hydrogen-bond acceptors (Lipinski definition) is 2. The van der Waals surface area contributed by atoms with Crippen LogP contribution in [0.4, 0.5) is 5.69 Å². The molecule has 2 heterocycles. The Morgan fingerprint density at radius 2 is 2.22 bits per heavy atom. The van der Waals surface area contributed by atoms with E-state index >= 15 is 0 Å². The van der Waals surface area contributed by atoms with E-state index in [1.54, 1.807) is 17.0 Å². The second-order valence-corrected chi connectivity index (χ2v) is 5.42. The summed E-state index contributed by atoms with van der Waals surface area (Å²) in [7, 11) is 0. The first-order valence-electron chi connectivity index (χ1n) is 5.90. The molecule has 3 rings (SSSR count). The number of quaternary nitrogens is 1. The lowest BCUT2D eigenvalue weighted by atomic mass is 10.1. The smallest absolute Gasteiger partial charge is 0.257 e. The minimum atomic E-state index is -0.363. The molecule has 0 spiro atoms. The van der Waals surface area contributed by atoms with Gasteiger partial charge in [0.05, 0.1) is 24.3 Å². The molecule has 2 amide bonds. The number of nitrogens with two attached hydrogens (primary N) is 1. The molecule has 5 nitrogen and oxygen atoms in total. The van der Waals surface area contributed by atoms with Crippen LogP contribution in [0.3, 0.4) is 0 Å². The van der Waals surface area contributed by atoms with Gasteiger partial charge in [0, 0.05) is 4.47 Å². The van der Waals surface area contributed by atoms with Crippen molar-refractivity contribution in [2.45, 2.75) is 6.04 Å². The second kappa shape index (κ2) is 4.37. The summed E-state index contributed by atoms with van der Waals surface area (Å²) < 4.78 is 0.839. The van der Waals surface area contributed by atoms with Crippen LogP contribution in [-0.4, -0.2) is 42.4 Å². The molecule has 0 saturated carbocycles. The summed E-state index contributed by atoms with van der Waals surface area (Å²) >= 11 is 3.36. The van der Waals surface area contributed by atoms with Gasteiger partial charge in [-0.1, -0.05) is 15.9 Å². The highest BCUT2D eigenvalue weighted by molar-refractivity contribution is 9.10. The van der Waals surface area contributed by atoms with Crippen molar-refractivity contribution in [3.63, 3.8) is 0 Å². The van der Waals surface area contributed by atoms with E-state index in [9.17, 15) is 9.59 Å². The maximum Gasteiger partial charge on any atom is 0.257 e. The molecule has 0 aliphatic carbocycles. The lowest BCUT2D eigenvalue weighted by molar-refractivity contribution is -0.665. The molecule has 1 saturated heterocycles. The van der Waals surface area contributed by atoms with Crippen LogP contribution in [0.15, 0.2) is 22.7 Å². The number of rotatable bonds is 0. The summed E-state index contributed by atoms with van der Waals surface area (Å²) in [4.78, 5) is 26.2. The topological polar surface area (TPSA) is 66.0 Å². The number of amides is 2. The average Bonchev–Trinajstić information content (AvgIpc) is 2.48. The Morgan fingerprint density at radius 3 is 3.06 bits per heavy atom. The van der Waals surface area contributed by atoms with Crippen molar-refractivity contribution < 1.29 is 14.9 Å². The largest absolute Gasteiger partial charge is 0.343 e. The molecule has 1 aromatic carbocycles. The van der Waals surface area contributed by atoms with Gasteiger partial charge in [-0.2, -0.15) is 0 Å². The van der Waals surface area contributed by atoms with Crippen molar-refractivity contribution in [3.05, 3.63) is 28.2 Å². The molecular formula is C12H13BrN3O2+. The van der Waals surface area contributed by atoms with Crippen LogP contribution in [0.25, 0.3) is 0 Å². The SMILES string of the molecule is O=C1Nc2ccc(Br)cc2C(=O)N2CC[NH2+]C[C@H]12. The number of nitrogens with one attached hydrogen (secondary N) is 1. The summed E-state index contributed by atoms with van der Waals surface area (Å²) in [6.45, 7) is 2.09. The summed E-state index contributed by atoms with van der Waals surface area (Å²) in [6.07, 6.45) is 0. The predicted molar refractivity (Wildman–Crippen MR) is 69.3 cm³/mol. The van der Waals surface area contributed by atoms with Crippen LogP contribution >= 0.6 is 15.9 Å². The van der Waals surface area contributed by atoms with E-state index in [0.29, 0.717) is 24.3 Å². The van der Waals surface area contributed by atoms with Crippen LogP contribution in [0.2, 0.25) is 0 Å². The van der Waals surface area contributed by atoms with Gasteiger partial charge in [-0.05, 0) is 18.2 Å². The van der Waals surface area contributed by atoms with E-state index in [2.05, 4.69) is 26.6 Å². The maximum atomic E-state index is 12.5. The van der Waals surface area contributed by atoms with Crippen molar-refractivity contribution in [3.8, 4) is 0 Å². The van der Waals surface area contributed by atoms with E-state index < -0.39 is 0 Å². The zero-order valence-electron chi connectivity index (χ0n) is 9.65. The van der Waals surface area contributed by atoms with Gasteiger partial charge in [0.15, 0.2) is 6.04 Å². The van der Waals surface area contributed by atoms with Crippen LogP contribution in [0.1, 0.15) is 10.4 Å². The van der Waals surface area contributed by atoms with Crippen molar-refractivity contribution >= 4 is 33.4 Å². The minimum Gasteiger partial charge on any atom is -0.343 e. The Bertz CT molecular complexity index is 532. The number of halogens is 1. The van der Waals surface area contributed by atoms with E-state index in [1.807, 2.05) is 6.07 Å². The zero-order chi connectivity index (χ0) is 12.7. The molecule has 6 heteroatoms. The number of hydrogen-bond donors (Lipinski definition) is 2. The molecule has 3 N–H and O–H groups in total. The lowest BCUT2D eigenvalue weighted by Gasteiger charge is -2.30. The zero-order valence-corrected chi connectivity index (χ0v) is 11.2. The Balaban J connectivity index is 2.09. The minimum absolute atomic E-state index is 0.0669. The Hall–Kier alpha value is -1.40. The van der Waals surface area contributed by atoms with Gasteiger partial charge in [-0.3, -0.25) is 9.59 Å². The fourth-order valence-electron chi connectivity index (χ4n) is 2.45. The quantitative estimate of drug-likeness (QED) is 0.696. The molecule has 1 aromatic rings. The number of benzene rings is 1. The fraction of sp³-hybridized carbons (Fsp3) is 0.333. The number of fused-ring (bicyclic) bond motifs is 2. The first kappa shape index (κ1) is 11.7. The number of carbonyl (C=O) groups excluding carboxylic acids is 2. The third-order valence-electron chi connectivity index (χ3n) is 3.37. The third kappa shape index (κ3) is 1.81. The maximum absolute atomic E-state index is 12.5. The third-order valence-corrected chi connectivity index (χ3v) is 3.87. The van der Waals surface area contributed by atoms with Gasteiger partial charge in [-0.25, -0.2) is 0 Å². The molecule has 94 valence electrons. The van der Waals surface area contributed by atoms with E-state index in [-0.39, 0.29) is 17.9 Å². The Labute approximate surface area is 113 Å². The predicted octanol–water partition coefficient (Wildman–Crippen LogP) is -0.211. The lowest BCUT2D eigenvalue weighted by Crippen LogP contribution is -2.92. The molecule has 2 aliphatic heterocycles. The average molecular weight is 311 g/mol. The van der Waals surface area contributed by atoms with Gasteiger partial charge in [0.25, 0.3) is 11.8 Å². The van der Waals surface area contributed by atoms with Crippen molar-refractivity contribution in [2.24, 2.45) is 0 Å². The molecule has 1 fully saturated rings. The van der Waals surface area contributed by atoms with Gasteiger partial charge in [0.1, 0.15) is 6.54 Å². The first-order chi connectivity index (χ1) is 8.66. The molecule has 0 bridgehead atoms. The van der Waals surface area contributed by atoms with Crippen molar-refractivity contribution in [1.29, 1.82) is 0 Å². The number of anilines is 1. The molecule has 0 radical (unpaired) electrons. The molecule has 0 aromatic heterocycles. The normalized spacial score (nSPS) is 22.9. The summed E-state index contributed by atoms with van der Waals surface area (Å²) in [5, 5.41) is 4.91. The molecule has 0 unspecified atom stereocenters. The summed E-state index contributed by atoms with van der Waals surface area (Å²) in [5.41, 5.74) is 1.16. The molecule has 18 heavy (non-hydrogen) atoms. The van der Waals surface area contributed by atoms with Crippen LogP contribution < -0.4 is 10.6 Å². The van der Waals surface area contributed by atoms with E-state index in [1.165, 1.54) is 0 Å². The van der Waals surface area contributed by atoms with Crippen LogP contribution in [-0.2, 0) is 4.79 Å². The van der Waals surface area contributed by atoms with Crippen molar-refractivity contribution in [2.75, 3.05) is 25.0 Å². The summed E-state index contributed by atoms with van der Waals surface area (Å²) in [6, 6.07) is 4.98. The monoisotopic (exact) mass is 310 g/mol. The van der Waals surface area contributed by atoms with E-state index in [4.69, 9.17) is 0 Å². The number of carbonyl (C=O) groups is 2. The highest BCUT2D eigenvalue weighted by atomic mass is 79.9. The first-order valence-corrected chi connectivity index (χ1v) is 6.69. The second-order valence-electron chi connectivity index (χ2n) is 4.51. The highest BCUT2D eigenvalue weighted by Gasteiger charge is 2.38. The van der Waals surface area contributed by atoms with Crippen LogP contribution in [0.5, 0.6) is 0 Å². The molecular weight excluding hydrogens is 298 g/mol. The summed E-state index contributed by atoms with van der Waals surface area (Å²) in [5.74, 6) is -0.164. The van der Waals surface area contributed by atoms with E-state index in [0.717, 1.165) is 11.0 Å². The Morgan fingerprint density at radius 1 is 1.39 bits per heavy atom. The van der Waals surface area contributed by atoms with Gasteiger partial charge < -0.3 is 15.5 Å². The molecule has 2 aliphatic rings. The van der Waals surface area contributed by atoms with Gasteiger partial charge in [-0.15, -0.1) is 0 Å². The number of nitrogens with zero attached hydrogens (tertiary/aromatic N) is 1. The van der Waals surface area contributed by atoms with Gasteiger partial charge >= 0.3 is 0 Å². The van der Waals surface area contributed by atoms with Crippen molar-refractivity contribution in [1.82, 2.24) is 4.90 Å². The molecule has 1 atom stereocenters. The number of piperazine rings is 1. The van der Waals surface area contributed by atoms with Crippen LogP contribution in [0, 0.1) is 0 Å². The highest BCUT2D eigenvalue weighted by Crippen LogP contribution is 2.26. The Kier molecular flexibility index (Phi) is 2.83.